The average Bonchev–Trinajstić information content (AvgIpc) is 2.88. The molecule has 0 spiro atoms. The largest absolute Gasteiger partial charge is 0.330 e. The van der Waals surface area contributed by atoms with Crippen LogP contribution >= 0.6 is 0 Å². The molecule has 1 atom stereocenters. The van der Waals surface area contributed by atoms with E-state index in [0.717, 1.165) is 31.5 Å². The molecular weight excluding hydrogens is 260 g/mol. The Morgan fingerprint density at radius 2 is 2.14 bits per heavy atom. The molecule has 21 heavy (non-hydrogen) atoms. The van der Waals surface area contributed by atoms with Crippen LogP contribution in [0, 0.1) is 0 Å². The van der Waals surface area contributed by atoms with Crippen LogP contribution in [0.5, 0.6) is 0 Å². The van der Waals surface area contributed by atoms with Gasteiger partial charge in [0.15, 0.2) is 0 Å². The molecule has 1 aliphatic carbocycles. The van der Waals surface area contributed by atoms with Gasteiger partial charge in [0.1, 0.15) is 0 Å². The van der Waals surface area contributed by atoms with Gasteiger partial charge in [0.25, 0.3) is 0 Å². The summed E-state index contributed by atoms with van der Waals surface area (Å²) in [6.45, 7) is 1.47. The zero-order chi connectivity index (χ0) is 14.7. The Balaban J connectivity index is 1.76. The Morgan fingerprint density at radius 1 is 1.29 bits per heavy atom. The number of amides is 1. The predicted octanol–water partition coefficient (Wildman–Crippen LogP) is 3.36. The minimum atomic E-state index is 0.245. The third kappa shape index (κ3) is 3.03. The predicted molar refractivity (Wildman–Crippen MR) is 86.4 cm³/mol. The highest BCUT2D eigenvalue weighted by Gasteiger charge is 2.31. The van der Waals surface area contributed by atoms with Crippen molar-refractivity contribution in [1.82, 2.24) is 0 Å². The highest BCUT2D eigenvalue weighted by Crippen LogP contribution is 2.38. The number of rotatable bonds is 4. The summed E-state index contributed by atoms with van der Waals surface area (Å²) in [5.74, 6) is 0.644. The van der Waals surface area contributed by atoms with Crippen molar-refractivity contribution >= 4 is 11.6 Å². The van der Waals surface area contributed by atoms with E-state index in [2.05, 4.69) is 24.3 Å². The summed E-state index contributed by atoms with van der Waals surface area (Å²) in [7, 11) is 0. The molecule has 2 N–H and O–H groups in total. The van der Waals surface area contributed by atoms with Crippen molar-refractivity contribution < 1.29 is 4.79 Å². The van der Waals surface area contributed by atoms with Crippen LogP contribution in [0.3, 0.4) is 0 Å². The van der Waals surface area contributed by atoms with Gasteiger partial charge < -0.3 is 10.6 Å². The number of para-hydroxylation sites is 1. The third-order valence-corrected chi connectivity index (χ3v) is 4.65. The van der Waals surface area contributed by atoms with E-state index in [-0.39, 0.29) is 5.91 Å². The van der Waals surface area contributed by atoms with Gasteiger partial charge in [0.05, 0.1) is 0 Å². The highest BCUT2D eigenvalue weighted by atomic mass is 16.2. The van der Waals surface area contributed by atoms with Crippen molar-refractivity contribution in [2.24, 2.45) is 5.73 Å². The SMILES string of the molecule is NCCC1CN(C(=O)CC2=CCCCC2)c2ccccc21. The number of benzene rings is 1. The molecule has 3 nitrogen and oxygen atoms in total. The molecule has 1 heterocycles. The molecule has 3 rings (SSSR count). The maximum atomic E-state index is 12.7. The first-order valence-corrected chi connectivity index (χ1v) is 8.07. The van der Waals surface area contributed by atoms with E-state index in [4.69, 9.17) is 5.73 Å². The van der Waals surface area contributed by atoms with Gasteiger partial charge in [-0.05, 0) is 50.3 Å². The maximum Gasteiger partial charge on any atom is 0.231 e. The van der Waals surface area contributed by atoms with Crippen molar-refractivity contribution in [3.8, 4) is 0 Å². The second kappa shape index (κ2) is 6.44. The number of carbonyl (C=O) groups excluding carboxylic acids is 1. The van der Waals surface area contributed by atoms with Crippen LogP contribution in [0.2, 0.25) is 0 Å². The van der Waals surface area contributed by atoms with Gasteiger partial charge in [-0.25, -0.2) is 0 Å². The van der Waals surface area contributed by atoms with Crippen molar-refractivity contribution in [2.75, 3.05) is 18.0 Å². The van der Waals surface area contributed by atoms with Crippen molar-refractivity contribution in [1.29, 1.82) is 0 Å². The fourth-order valence-corrected chi connectivity index (χ4v) is 3.53. The molecule has 2 aliphatic rings. The zero-order valence-corrected chi connectivity index (χ0v) is 12.6. The molecule has 1 aromatic carbocycles. The van der Waals surface area contributed by atoms with E-state index in [0.29, 0.717) is 18.9 Å². The fourth-order valence-electron chi connectivity index (χ4n) is 3.53. The van der Waals surface area contributed by atoms with Gasteiger partial charge in [-0.1, -0.05) is 29.8 Å². The van der Waals surface area contributed by atoms with Crippen molar-refractivity contribution in [3.05, 3.63) is 41.5 Å². The minimum Gasteiger partial charge on any atom is -0.330 e. The van der Waals surface area contributed by atoms with E-state index in [1.807, 2.05) is 11.0 Å². The van der Waals surface area contributed by atoms with E-state index in [9.17, 15) is 4.79 Å². The summed E-state index contributed by atoms with van der Waals surface area (Å²) >= 11 is 0. The monoisotopic (exact) mass is 284 g/mol. The Hall–Kier alpha value is -1.61. The van der Waals surface area contributed by atoms with Gasteiger partial charge in [0.2, 0.25) is 5.91 Å². The van der Waals surface area contributed by atoms with Gasteiger partial charge in [-0.3, -0.25) is 4.79 Å². The van der Waals surface area contributed by atoms with Gasteiger partial charge in [-0.15, -0.1) is 0 Å². The van der Waals surface area contributed by atoms with E-state index >= 15 is 0 Å². The van der Waals surface area contributed by atoms with Crippen molar-refractivity contribution in [2.45, 2.75) is 44.4 Å². The molecule has 0 saturated heterocycles. The van der Waals surface area contributed by atoms with E-state index in [1.54, 1.807) is 0 Å². The van der Waals surface area contributed by atoms with E-state index < -0.39 is 0 Å². The lowest BCUT2D eigenvalue weighted by atomic mass is 9.97. The van der Waals surface area contributed by atoms with Crippen LogP contribution in [0.25, 0.3) is 0 Å². The first-order valence-electron chi connectivity index (χ1n) is 8.07. The Labute approximate surface area is 126 Å². The zero-order valence-electron chi connectivity index (χ0n) is 12.6. The van der Waals surface area contributed by atoms with Gasteiger partial charge in [-0.2, -0.15) is 0 Å². The second-order valence-corrected chi connectivity index (χ2v) is 6.12. The smallest absolute Gasteiger partial charge is 0.231 e. The molecule has 0 bridgehead atoms. The molecule has 1 aromatic rings. The van der Waals surface area contributed by atoms with Gasteiger partial charge >= 0.3 is 0 Å². The molecule has 3 heteroatoms. The number of allylic oxidation sites excluding steroid dienone is 1. The average molecular weight is 284 g/mol. The lowest BCUT2D eigenvalue weighted by molar-refractivity contribution is -0.118. The van der Waals surface area contributed by atoms with Crippen LogP contribution in [0.15, 0.2) is 35.9 Å². The standard InChI is InChI=1S/C18H24N2O/c19-11-10-15-13-20(17-9-5-4-8-16(15)17)18(21)12-14-6-2-1-3-7-14/h4-6,8-9,15H,1-3,7,10-13,19H2. The maximum absolute atomic E-state index is 12.7. The highest BCUT2D eigenvalue weighted by molar-refractivity contribution is 5.97. The van der Waals surface area contributed by atoms with E-state index in [1.165, 1.54) is 24.0 Å². The number of nitrogens with zero attached hydrogens (tertiary/aromatic N) is 1. The molecule has 0 radical (unpaired) electrons. The normalized spacial score (nSPS) is 21.1. The molecular formula is C18H24N2O. The lowest BCUT2D eigenvalue weighted by Gasteiger charge is -2.20. The topological polar surface area (TPSA) is 46.3 Å². The summed E-state index contributed by atoms with van der Waals surface area (Å²) in [6, 6.07) is 8.28. The Bertz CT molecular complexity index is 550. The number of carbonyl (C=O) groups is 1. The van der Waals surface area contributed by atoms with Crippen LogP contribution in [0.1, 0.15) is 50.0 Å². The third-order valence-electron chi connectivity index (χ3n) is 4.65. The van der Waals surface area contributed by atoms with Crippen LogP contribution < -0.4 is 10.6 Å². The van der Waals surface area contributed by atoms with Crippen LogP contribution in [0.4, 0.5) is 5.69 Å². The summed E-state index contributed by atoms with van der Waals surface area (Å²) in [5, 5.41) is 0. The minimum absolute atomic E-state index is 0.245. The number of anilines is 1. The first kappa shape index (κ1) is 14.3. The molecule has 0 aromatic heterocycles. The number of hydrogen-bond acceptors (Lipinski definition) is 2. The summed E-state index contributed by atoms with van der Waals surface area (Å²) in [4.78, 5) is 14.7. The summed E-state index contributed by atoms with van der Waals surface area (Å²) < 4.78 is 0. The van der Waals surface area contributed by atoms with Crippen LogP contribution in [-0.2, 0) is 4.79 Å². The summed E-state index contributed by atoms with van der Waals surface area (Å²) in [6.07, 6.45) is 8.52. The second-order valence-electron chi connectivity index (χ2n) is 6.12. The molecule has 112 valence electrons. The molecule has 1 unspecified atom stereocenters. The number of nitrogens with two attached hydrogens (primary N) is 1. The van der Waals surface area contributed by atoms with Crippen LogP contribution in [-0.4, -0.2) is 19.0 Å². The number of fused-ring (bicyclic) bond motifs is 1. The lowest BCUT2D eigenvalue weighted by Crippen LogP contribution is -2.30. The molecule has 1 aliphatic heterocycles. The molecule has 0 saturated carbocycles. The first-order chi connectivity index (χ1) is 10.3. The molecule has 0 fully saturated rings. The summed E-state index contributed by atoms with van der Waals surface area (Å²) in [5.41, 5.74) is 9.43. The molecule has 1 amide bonds. The number of hydrogen-bond donors (Lipinski definition) is 1. The quantitative estimate of drug-likeness (QED) is 0.862. The van der Waals surface area contributed by atoms with Crippen molar-refractivity contribution in [3.63, 3.8) is 0 Å². The Kier molecular flexibility index (Phi) is 4.39. The fraction of sp³-hybridized carbons (Fsp3) is 0.500. The Morgan fingerprint density at radius 3 is 2.90 bits per heavy atom. The van der Waals surface area contributed by atoms with Gasteiger partial charge in [0, 0.05) is 24.6 Å².